The van der Waals surface area contributed by atoms with Crippen LogP contribution in [0.2, 0.25) is 0 Å². The lowest BCUT2D eigenvalue weighted by molar-refractivity contribution is 0.0915. The molecule has 1 amide bonds. The smallest absolute Gasteiger partial charge is 0.251 e. The van der Waals surface area contributed by atoms with E-state index in [0.29, 0.717) is 12.0 Å². The highest BCUT2D eigenvalue weighted by Gasteiger charge is 2.11. The molecule has 3 heteroatoms. The second kappa shape index (κ2) is 6.87. The van der Waals surface area contributed by atoms with E-state index in [9.17, 15) is 4.79 Å². The van der Waals surface area contributed by atoms with Crippen molar-refractivity contribution in [3.05, 3.63) is 60.2 Å². The number of hydrogen-bond donors (Lipinski definition) is 2. The van der Waals surface area contributed by atoms with Crippen molar-refractivity contribution in [1.29, 1.82) is 0 Å². The fourth-order valence-electron chi connectivity index (χ4n) is 1.99. The van der Waals surface area contributed by atoms with E-state index in [1.807, 2.05) is 61.5 Å². The van der Waals surface area contributed by atoms with Crippen LogP contribution in [-0.2, 0) is 0 Å². The van der Waals surface area contributed by atoms with Crippen LogP contribution in [0.15, 0.2) is 54.6 Å². The van der Waals surface area contributed by atoms with Crippen LogP contribution >= 0.6 is 0 Å². The quantitative estimate of drug-likeness (QED) is 0.877. The predicted molar refractivity (Wildman–Crippen MR) is 80.5 cm³/mol. The summed E-state index contributed by atoms with van der Waals surface area (Å²) < 4.78 is 0. The molecule has 0 heterocycles. The Bertz CT molecular complexity index is 545. The first kappa shape index (κ1) is 14.3. The van der Waals surface area contributed by atoms with Crippen molar-refractivity contribution in [2.45, 2.75) is 19.4 Å². The van der Waals surface area contributed by atoms with Crippen molar-refractivity contribution < 1.29 is 9.90 Å². The zero-order chi connectivity index (χ0) is 14.4. The van der Waals surface area contributed by atoms with E-state index in [-0.39, 0.29) is 18.6 Å². The van der Waals surface area contributed by atoms with E-state index >= 15 is 0 Å². The molecule has 1 unspecified atom stereocenters. The molecule has 20 heavy (non-hydrogen) atoms. The summed E-state index contributed by atoms with van der Waals surface area (Å²) in [4.78, 5) is 12.0. The summed E-state index contributed by atoms with van der Waals surface area (Å²) in [5.74, 6) is -0.148. The first-order chi connectivity index (χ1) is 9.74. The van der Waals surface area contributed by atoms with Gasteiger partial charge in [0, 0.05) is 5.56 Å². The summed E-state index contributed by atoms with van der Waals surface area (Å²) in [7, 11) is 0. The third kappa shape index (κ3) is 3.45. The van der Waals surface area contributed by atoms with Crippen molar-refractivity contribution in [2.75, 3.05) is 6.61 Å². The maximum Gasteiger partial charge on any atom is 0.251 e. The molecule has 0 spiro atoms. The molecule has 0 aliphatic rings. The van der Waals surface area contributed by atoms with Crippen LogP contribution in [0.3, 0.4) is 0 Å². The highest BCUT2D eigenvalue weighted by atomic mass is 16.3. The Hall–Kier alpha value is -2.13. The van der Waals surface area contributed by atoms with Crippen LogP contribution in [-0.4, -0.2) is 23.7 Å². The molecule has 0 aliphatic heterocycles. The number of carbonyl (C=O) groups excluding carboxylic acids is 1. The lowest BCUT2D eigenvalue weighted by Gasteiger charge is -2.14. The van der Waals surface area contributed by atoms with Crippen LogP contribution in [0, 0.1) is 0 Å². The van der Waals surface area contributed by atoms with Crippen molar-refractivity contribution in [1.82, 2.24) is 5.32 Å². The fourth-order valence-corrected chi connectivity index (χ4v) is 1.99. The van der Waals surface area contributed by atoms with Gasteiger partial charge >= 0.3 is 0 Å². The number of nitrogens with one attached hydrogen (secondary N) is 1. The summed E-state index contributed by atoms with van der Waals surface area (Å²) in [6, 6.07) is 17.3. The number of carbonyl (C=O) groups is 1. The van der Waals surface area contributed by atoms with Crippen LogP contribution < -0.4 is 5.32 Å². The van der Waals surface area contributed by atoms with Gasteiger partial charge in [-0.15, -0.1) is 0 Å². The lowest BCUT2D eigenvalue weighted by Crippen LogP contribution is -2.36. The molecule has 1 atom stereocenters. The minimum Gasteiger partial charge on any atom is -0.394 e. The first-order valence-corrected chi connectivity index (χ1v) is 6.81. The summed E-state index contributed by atoms with van der Waals surface area (Å²) >= 11 is 0. The molecule has 2 aromatic rings. The van der Waals surface area contributed by atoms with Gasteiger partial charge in [-0.05, 0) is 29.7 Å². The normalized spacial score (nSPS) is 11.9. The lowest BCUT2D eigenvalue weighted by atomic mass is 10.0. The fraction of sp³-hybridized carbons (Fsp3) is 0.235. The van der Waals surface area contributed by atoms with Gasteiger partial charge in [0.2, 0.25) is 0 Å². The van der Waals surface area contributed by atoms with Crippen molar-refractivity contribution in [3.63, 3.8) is 0 Å². The average Bonchev–Trinajstić information content (AvgIpc) is 2.53. The highest BCUT2D eigenvalue weighted by Crippen LogP contribution is 2.19. The van der Waals surface area contributed by atoms with Gasteiger partial charge in [-0.25, -0.2) is 0 Å². The molecule has 2 rings (SSSR count). The first-order valence-electron chi connectivity index (χ1n) is 6.81. The van der Waals surface area contributed by atoms with E-state index in [1.54, 1.807) is 0 Å². The minimum absolute atomic E-state index is 0.0374. The average molecular weight is 269 g/mol. The molecule has 0 radical (unpaired) electrons. The number of aliphatic hydroxyl groups is 1. The van der Waals surface area contributed by atoms with E-state index in [0.717, 1.165) is 11.1 Å². The molecule has 2 aromatic carbocycles. The molecule has 104 valence electrons. The maximum absolute atomic E-state index is 12.0. The zero-order valence-corrected chi connectivity index (χ0v) is 11.5. The van der Waals surface area contributed by atoms with Crippen LogP contribution in [0.1, 0.15) is 23.7 Å². The molecule has 0 aliphatic carbocycles. The van der Waals surface area contributed by atoms with Gasteiger partial charge < -0.3 is 10.4 Å². The van der Waals surface area contributed by atoms with E-state index < -0.39 is 0 Å². The Kier molecular flexibility index (Phi) is 4.91. The molecule has 0 fully saturated rings. The van der Waals surface area contributed by atoms with E-state index in [4.69, 9.17) is 5.11 Å². The maximum atomic E-state index is 12.0. The van der Waals surface area contributed by atoms with E-state index in [2.05, 4.69) is 5.32 Å². The molecule has 0 saturated heterocycles. The Morgan fingerprint density at radius 2 is 1.65 bits per heavy atom. The molecule has 0 saturated carbocycles. The summed E-state index contributed by atoms with van der Waals surface area (Å²) in [5.41, 5.74) is 2.81. The summed E-state index contributed by atoms with van der Waals surface area (Å²) in [6.07, 6.45) is 0.713. The van der Waals surface area contributed by atoms with Gasteiger partial charge in [0.15, 0.2) is 0 Å². The second-order valence-electron chi connectivity index (χ2n) is 4.70. The molecule has 0 bridgehead atoms. The largest absolute Gasteiger partial charge is 0.394 e. The number of hydrogen-bond acceptors (Lipinski definition) is 2. The molecule has 3 nitrogen and oxygen atoms in total. The molecule has 2 N–H and O–H groups in total. The van der Waals surface area contributed by atoms with Gasteiger partial charge in [-0.1, -0.05) is 49.4 Å². The number of amides is 1. The van der Waals surface area contributed by atoms with Crippen LogP contribution in [0.5, 0.6) is 0 Å². The topological polar surface area (TPSA) is 49.3 Å². The van der Waals surface area contributed by atoms with Gasteiger partial charge in [0.25, 0.3) is 5.91 Å². The van der Waals surface area contributed by atoms with Gasteiger partial charge in [-0.3, -0.25) is 4.79 Å². The highest BCUT2D eigenvalue weighted by molar-refractivity contribution is 5.94. The monoisotopic (exact) mass is 269 g/mol. The van der Waals surface area contributed by atoms with Crippen LogP contribution in [0.25, 0.3) is 11.1 Å². The van der Waals surface area contributed by atoms with E-state index in [1.165, 1.54) is 0 Å². The summed E-state index contributed by atoms with van der Waals surface area (Å²) in [6.45, 7) is 1.89. The number of aliphatic hydroxyl groups excluding tert-OH is 1. The van der Waals surface area contributed by atoms with Gasteiger partial charge in [0.1, 0.15) is 0 Å². The SMILES string of the molecule is CCC(CO)NC(=O)c1ccc(-c2ccccc2)cc1. The van der Waals surface area contributed by atoms with Crippen molar-refractivity contribution in [2.24, 2.45) is 0 Å². The minimum atomic E-state index is -0.184. The Labute approximate surface area is 119 Å². The second-order valence-corrected chi connectivity index (χ2v) is 4.70. The zero-order valence-electron chi connectivity index (χ0n) is 11.5. The van der Waals surface area contributed by atoms with Gasteiger partial charge in [-0.2, -0.15) is 0 Å². The Morgan fingerprint density at radius 3 is 2.20 bits per heavy atom. The van der Waals surface area contributed by atoms with Gasteiger partial charge in [0.05, 0.1) is 12.6 Å². The standard InChI is InChI=1S/C17H19NO2/c1-2-16(12-19)18-17(20)15-10-8-14(9-11-15)13-6-4-3-5-7-13/h3-11,16,19H,2,12H2,1H3,(H,18,20). The van der Waals surface area contributed by atoms with Crippen LogP contribution in [0.4, 0.5) is 0 Å². The molecular formula is C17H19NO2. The Morgan fingerprint density at radius 1 is 1.05 bits per heavy atom. The Balaban J connectivity index is 2.10. The molecule has 0 aromatic heterocycles. The third-order valence-corrected chi connectivity index (χ3v) is 3.30. The third-order valence-electron chi connectivity index (χ3n) is 3.30. The molecular weight excluding hydrogens is 250 g/mol. The van der Waals surface area contributed by atoms with Crippen molar-refractivity contribution in [3.8, 4) is 11.1 Å². The van der Waals surface area contributed by atoms with Crippen molar-refractivity contribution >= 4 is 5.91 Å². The summed E-state index contributed by atoms with van der Waals surface area (Å²) in [5, 5.41) is 11.9. The number of rotatable bonds is 5. The predicted octanol–water partition coefficient (Wildman–Crippen LogP) is 2.85. The number of benzene rings is 2.